The van der Waals surface area contributed by atoms with Gasteiger partial charge in [-0.15, -0.1) is 0 Å². The van der Waals surface area contributed by atoms with E-state index in [2.05, 4.69) is 37.2 Å². The molecular formula is C17H22N8. The number of fused-ring (bicyclic) bond motifs is 1. The normalized spacial score (nSPS) is 20.3. The number of aromatic nitrogens is 5. The Bertz CT molecular complexity index is 901. The van der Waals surface area contributed by atoms with E-state index in [4.69, 9.17) is 4.98 Å². The largest absolute Gasteiger partial charge is 0.365 e. The number of nitrogens with one attached hydrogen (secondary N) is 4. The van der Waals surface area contributed by atoms with Gasteiger partial charge in [0, 0.05) is 32.0 Å². The zero-order valence-electron chi connectivity index (χ0n) is 14.2. The van der Waals surface area contributed by atoms with E-state index in [1.165, 1.54) is 18.4 Å². The molecule has 0 radical (unpaired) electrons. The topological polar surface area (TPSA) is 95.5 Å². The minimum atomic E-state index is 0.409. The molecule has 130 valence electrons. The lowest BCUT2D eigenvalue weighted by molar-refractivity contribution is 0.768. The van der Waals surface area contributed by atoms with E-state index in [1.54, 1.807) is 10.9 Å². The number of hydrogen-bond donors (Lipinski definition) is 4. The SMILES string of the molecule is Cn1cc(Nc2nc(NC3CCNC3)c3c(C4CC4)c[nH]c3n2)cn1. The van der Waals surface area contributed by atoms with Crippen LogP contribution in [0.3, 0.4) is 0 Å². The summed E-state index contributed by atoms with van der Waals surface area (Å²) in [6.07, 6.45) is 9.40. The molecule has 0 amide bonds. The van der Waals surface area contributed by atoms with Crippen LogP contribution >= 0.6 is 0 Å². The van der Waals surface area contributed by atoms with Crippen LogP contribution in [0.5, 0.6) is 0 Å². The van der Waals surface area contributed by atoms with Crippen LogP contribution in [0.1, 0.15) is 30.7 Å². The summed E-state index contributed by atoms with van der Waals surface area (Å²) in [5, 5.41) is 15.6. The maximum Gasteiger partial charge on any atom is 0.231 e. The number of H-pyrrole nitrogens is 1. The van der Waals surface area contributed by atoms with Crippen molar-refractivity contribution in [3.8, 4) is 0 Å². The van der Waals surface area contributed by atoms with Gasteiger partial charge in [-0.3, -0.25) is 4.68 Å². The van der Waals surface area contributed by atoms with E-state index < -0.39 is 0 Å². The molecule has 0 spiro atoms. The highest BCUT2D eigenvalue weighted by Crippen LogP contribution is 2.44. The second-order valence-corrected chi connectivity index (χ2v) is 7.00. The highest BCUT2D eigenvalue weighted by Gasteiger charge is 2.29. The number of hydrogen-bond acceptors (Lipinski definition) is 6. The third-order valence-corrected chi connectivity index (χ3v) is 4.94. The highest BCUT2D eigenvalue weighted by molar-refractivity contribution is 5.92. The maximum absolute atomic E-state index is 4.79. The fraction of sp³-hybridized carbons (Fsp3) is 0.471. The van der Waals surface area contributed by atoms with Crippen LogP contribution < -0.4 is 16.0 Å². The van der Waals surface area contributed by atoms with Gasteiger partial charge in [-0.25, -0.2) is 0 Å². The zero-order chi connectivity index (χ0) is 16.8. The number of rotatable bonds is 5. The Morgan fingerprint density at radius 1 is 1.24 bits per heavy atom. The van der Waals surface area contributed by atoms with Gasteiger partial charge in [0.05, 0.1) is 17.3 Å². The minimum absolute atomic E-state index is 0.409. The summed E-state index contributed by atoms with van der Waals surface area (Å²) in [7, 11) is 1.89. The van der Waals surface area contributed by atoms with Crippen molar-refractivity contribution in [3.05, 3.63) is 24.2 Å². The third kappa shape index (κ3) is 2.82. The molecule has 1 aliphatic heterocycles. The van der Waals surface area contributed by atoms with E-state index in [0.717, 1.165) is 42.0 Å². The van der Waals surface area contributed by atoms with Gasteiger partial charge in [0.15, 0.2) is 0 Å². The summed E-state index contributed by atoms with van der Waals surface area (Å²) >= 11 is 0. The molecule has 1 saturated heterocycles. The van der Waals surface area contributed by atoms with Crippen molar-refractivity contribution in [1.82, 2.24) is 30.0 Å². The molecule has 25 heavy (non-hydrogen) atoms. The molecule has 4 N–H and O–H groups in total. The highest BCUT2D eigenvalue weighted by atomic mass is 15.3. The Balaban J connectivity index is 1.54. The van der Waals surface area contributed by atoms with E-state index in [-0.39, 0.29) is 0 Å². The predicted molar refractivity (Wildman–Crippen MR) is 97.3 cm³/mol. The molecule has 2 fully saturated rings. The van der Waals surface area contributed by atoms with Gasteiger partial charge in [-0.2, -0.15) is 15.1 Å². The first kappa shape index (κ1) is 14.7. The predicted octanol–water partition coefficient (Wildman–Crippen LogP) is 2.09. The number of aryl methyl sites for hydroxylation is 1. The first-order valence-corrected chi connectivity index (χ1v) is 8.88. The van der Waals surface area contributed by atoms with Crippen molar-refractivity contribution in [2.45, 2.75) is 31.2 Å². The first-order chi connectivity index (χ1) is 12.3. The lowest BCUT2D eigenvalue weighted by atomic mass is 10.1. The second kappa shape index (κ2) is 5.73. The van der Waals surface area contributed by atoms with Crippen molar-refractivity contribution >= 4 is 28.5 Å². The van der Waals surface area contributed by atoms with Crippen LogP contribution in [0.15, 0.2) is 18.6 Å². The molecule has 4 heterocycles. The van der Waals surface area contributed by atoms with Crippen LogP contribution in [0.4, 0.5) is 17.5 Å². The molecule has 8 heteroatoms. The van der Waals surface area contributed by atoms with E-state index in [1.807, 2.05) is 13.2 Å². The van der Waals surface area contributed by atoms with E-state index >= 15 is 0 Å². The second-order valence-electron chi connectivity index (χ2n) is 7.00. The van der Waals surface area contributed by atoms with Crippen molar-refractivity contribution in [2.75, 3.05) is 23.7 Å². The standard InChI is InChI=1S/C17H22N8/c1-25-9-12(7-20-25)22-17-23-15-14(13(8-19-15)10-2-3-10)16(24-17)21-11-4-5-18-6-11/h7-11,18H,2-6H2,1H3,(H3,19,21,22,23,24). The van der Waals surface area contributed by atoms with E-state index in [0.29, 0.717) is 17.9 Å². The third-order valence-electron chi connectivity index (χ3n) is 4.94. The van der Waals surface area contributed by atoms with Crippen LogP contribution in [0, 0.1) is 0 Å². The molecule has 1 saturated carbocycles. The molecule has 3 aromatic heterocycles. The first-order valence-electron chi connectivity index (χ1n) is 8.88. The van der Waals surface area contributed by atoms with Crippen LogP contribution in [-0.2, 0) is 7.05 Å². The minimum Gasteiger partial charge on any atom is -0.365 e. The van der Waals surface area contributed by atoms with Gasteiger partial charge in [0.25, 0.3) is 0 Å². The quantitative estimate of drug-likeness (QED) is 0.569. The molecule has 0 bridgehead atoms. The smallest absolute Gasteiger partial charge is 0.231 e. The monoisotopic (exact) mass is 338 g/mol. The Labute approximate surface area is 145 Å². The summed E-state index contributed by atoms with van der Waals surface area (Å²) in [6.45, 7) is 2.02. The van der Waals surface area contributed by atoms with E-state index in [9.17, 15) is 0 Å². The fourth-order valence-corrected chi connectivity index (χ4v) is 3.52. The molecule has 1 unspecified atom stereocenters. The zero-order valence-corrected chi connectivity index (χ0v) is 14.2. The Kier molecular flexibility index (Phi) is 3.37. The molecule has 3 aromatic rings. The summed E-state index contributed by atoms with van der Waals surface area (Å²) in [5.74, 6) is 2.16. The number of anilines is 3. The van der Waals surface area contributed by atoms with Crippen LogP contribution in [-0.4, -0.2) is 43.9 Å². The Morgan fingerprint density at radius 2 is 2.16 bits per heavy atom. The summed E-state index contributed by atoms with van der Waals surface area (Å²) in [4.78, 5) is 12.8. The van der Waals surface area contributed by atoms with Gasteiger partial charge in [0.1, 0.15) is 11.5 Å². The van der Waals surface area contributed by atoms with Crippen LogP contribution in [0.2, 0.25) is 0 Å². The summed E-state index contributed by atoms with van der Waals surface area (Å²) in [6, 6.07) is 0.409. The molecule has 0 aromatic carbocycles. The van der Waals surface area contributed by atoms with Crippen molar-refractivity contribution in [3.63, 3.8) is 0 Å². The van der Waals surface area contributed by atoms with Crippen molar-refractivity contribution < 1.29 is 0 Å². The number of aromatic amines is 1. The average molecular weight is 338 g/mol. The van der Waals surface area contributed by atoms with Crippen LogP contribution in [0.25, 0.3) is 11.0 Å². The molecule has 1 atom stereocenters. The van der Waals surface area contributed by atoms with Gasteiger partial charge in [0.2, 0.25) is 5.95 Å². The van der Waals surface area contributed by atoms with Gasteiger partial charge >= 0.3 is 0 Å². The molecule has 2 aliphatic rings. The van der Waals surface area contributed by atoms with Gasteiger partial charge < -0.3 is 20.9 Å². The maximum atomic E-state index is 4.79. The molecular weight excluding hydrogens is 316 g/mol. The summed E-state index contributed by atoms with van der Waals surface area (Å²) in [5.41, 5.74) is 3.11. The number of nitrogens with zero attached hydrogens (tertiary/aromatic N) is 4. The Morgan fingerprint density at radius 3 is 2.88 bits per heavy atom. The lowest BCUT2D eigenvalue weighted by Gasteiger charge is -2.15. The van der Waals surface area contributed by atoms with Crippen molar-refractivity contribution in [1.29, 1.82) is 0 Å². The van der Waals surface area contributed by atoms with Gasteiger partial charge in [-0.05, 0) is 37.3 Å². The summed E-state index contributed by atoms with van der Waals surface area (Å²) < 4.78 is 1.75. The van der Waals surface area contributed by atoms with Crippen molar-refractivity contribution in [2.24, 2.45) is 7.05 Å². The Hall–Kier alpha value is -2.61. The fourth-order valence-electron chi connectivity index (χ4n) is 3.52. The molecule has 5 rings (SSSR count). The average Bonchev–Trinajstić information content (AvgIpc) is 2.97. The molecule has 8 nitrogen and oxygen atoms in total. The molecule has 1 aliphatic carbocycles. The van der Waals surface area contributed by atoms with Gasteiger partial charge in [-0.1, -0.05) is 0 Å². The lowest BCUT2D eigenvalue weighted by Crippen LogP contribution is -2.23.